The van der Waals surface area contributed by atoms with Crippen molar-refractivity contribution in [1.82, 2.24) is 14.5 Å². The summed E-state index contributed by atoms with van der Waals surface area (Å²) in [4.78, 5) is 2.13. The number of halogens is 1. The van der Waals surface area contributed by atoms with Crippen LogP contribution in [-0.4, -0.2) is 56.3 Å². The van der Waals surface area contributed by atoms with E-state index in [-0.39, 0.29) is 16.5 Å². The highest BCUT2D eigenvalue weighted by molar-refractivity contribution is 7.88. The number of aromatic nitrogens is 2. The molecule has 2 heterocycles. The maximum absolute atomic E-state index is 11.7. The monoisotopic (exact) mass is 565 g/mol. The van der Waals surface area contributed by atoms with Crippen molar-refractivity contribution in [2.75, 3.05) is 37.5 Å². The molecule has 39 heavy (non-hydrogen) atoms. The van der Waals surface area contributed by atoms with Crippen molar-refractivity contribution >= 4 is 27.3 Å². The summed E-state index contributed by atoms with van der Waals surface area (Å²) in [5.41, 5.74) is 4.83. The molecule has 0 amide bonds. The van der Waals surface area contributed by atoms with E-state index in [1.807, 2.05) is 23.0 Å². The molecule has 0 atom stereocenters. The van der Waals surface area contributed by atoms with Gasteiger partial charge in [-0.05, 0) is 48.1 Å². The van der Waals surface area contributed by atoms with Crippen LogP contribution in [0.5, 0.6) is 0 Å². The maximum atomic E-state index is 11.7. The zero-order chi connectivity index (χ0) is 27.6. The minimum atomic E-state index is -3.21. The molecule has 1 N–H and O–H groups in total. The maximum Gasteiger partial charge on any atom is 0.209 e. The van der Waals surface area contributed by atoms with Crippen LogP contribution in [0, 0.1) is 11.3 Å². The lowest BCUT2D eigenvalue weighted by Gasteiger charge is -2.69. The number of benzene rings is 2. The number of rotatable bonds is 7. The van der Waals surface area contributed by atoms with Crippen molar-refractivity contribution in [3.8, 4) is 17.2 Å². The summed E-state index contributed by atoms with van der Waals surface area (Å²) >= 11 is 6.77. The van der Waals surface area contributed by atoms with Crippen molar-refractivity contribution in [2.24, 2.45) is 0 Å². The first kappa shape index (κ1) is 26.3. The summed E-state index contributed by atoms with van der Waals surface area (Å²) in [5, 5.41) is 15.2. The Morgan fingerprint density at radius 3 is 2.36 bits per heavy atom. The lowest BCUT2D eigenvalue weighted by Crippen LogP contribution is -2.78. The second kappa shape index (κ2) is 9.07. The van der Waals surface area contributed by atoms with Crippen LogP contribution >= 0.6 is 11.6 Å². The molecule has 10 heteroatoms. The summed E-state index contributed by atoms with van der Waals surface area (Å²) in [6.07, 6.45) is 7.48. The molecule has 0 unspecified atom stereocenters. The fourth-order valence-electron chi connectivity index (χ4n) is 6.61. The van der Waals surface area contributed by atoms with Crippen molar-refractivity contribution in [3.05, 3.63) is 70.5 Å². The number of sulfonamides is 1. The molecular weight excluding hydrogens is 534 g/mol. The van der Waals surface area contributed by atoms with Crippen LogP contribution in [0.2, 0.25) is 5.02 Å². The zero-order valence-corrected chi connectivity index (χ0v) is 23.9. The molecule has 4 fully saturated rings. The molecule has 4 aliphatic rings. The summed E-state index contributed by atoms with van der Waals surface area (Å²) in [6, 6.07) is 14.7. The van der Waals surface area contributed by atoms with Gasteiger partial charge in [0.1, 0.15) is 6.07 Å². The van der Waals surface area contributed by atoms with Crippen molar-refractivity contribution < 1.29 is 13.2 Å². The molecule has 204 valence electrons. The normalized spacial score (nSPS) is 24.5. The molecule has 3 saturated carbocycles. The largest absolute Gasteiger partial charge is 0.378 e. The smallest absolute Gasteiger partial charge is 0.209 e. The number of nitrogens with one attached hydrogen (secondary N) is 1. The third-order valence-electron chi connectivity index (χ3n) is 8.65. The number of ether oxygens (including phenoxy) is 1. The first-order valence-corrected chi connectivity index (χ1v) is 15.4. The molecule has 0 radical (unpaired) electrons. The van der Waals surface area contributed by atoms with Crippen molar-refractivity contribution in [1.29, 1.82) is 5.26 Å². The van der Waals surface area contributed by atoms with Crippen molar-refractivity contribution in [2.45, 2.75) is 49.6 Å². The topological polar surface area (TPSA) is 100 Å². The standard InChI is InChI=1S/C29H32ClN5O3S/c1-27(2,24-12-21(14-31)26(25(30)13-24)34-8-10-38-11-9-34)23-6-4-20(5-7-23)22-15-32-35(16-22)29-17-28(18-29,19-29)33-39(3,36)37/h4-7,12-13,15-16,33H,8-11,17-19H2,1-3H3. The second-order valence-corrected chi connectivity index (χ2v) is 14.0. The van der Waals surface area contributed by atoms with Crippen LogP contribution in [0.15, 0.2) is 48.8 Å². The summed E-state index contributed by atoms with van der Waals surface area (Å²) in [7, 11) is -3.21. The van der Waals surface area contributed by atoms with E-state index >= 15 is 0 Å². The number of nitriles is 1. The highest BCUT2D eigenvalue weighted by atomic mass is 35.5. The second-order valence-electron chi connectivity index (χ2n) is 11.9. The van der Waals surface area contributed by atoms with Crippen LogP contribution in [0.3, 0.4) is 0 Å². The predicted molar refractivity (Wildman–Crippen MR) is 152 cm³/mol. The Kier molecular flexibility index (Phi) is 6.12. The number of hydrogen-bond donors (Lipinski definition) is 1. The van der Waals surface area contributed by atoms with Gasteiger partial charge < -0.3 is 9.64 Å². The molecule has 3 aliphatic carbocycles. The lowest BCUT2D eigenvalue weighted by atomic mass is 9.44. The third-order valence-corrected chi connectivity index (χ3v) is 9.74. The molecule has 2 bridgehead atoms. The summed E-state index contributed by atoms with van der Waals surface area (Å²) in [6.45, 7) is 6.97. The molecule has 2 aromatic carbocycles. The van der Waals surface area contributed by atoms with Gasteiger partial charge in [-0.3, -0.25) is 4.68 Å². The van der Waals surface area contributed by atoms with Gasteiger partial charge in [0, 0.05) is 35.8 Å². The first-order chi connectivity index (χ1) is 18.4. The average molecular weight is 566 g/mol. The van der Waals surface area contributed by atoms with E-state index in [4.69, 9.17) is 16.3 Å². The van der Waals surface area contributed by atoms with E-state index in [1.54, 1.807) is 0 Å². The van der Waals surface area contributed by atoms with Gasteiger partial charge in [0.2, 0.25) is 10.0 Å². The first-order valence-electron chi connectivity index (χ1n) is 13.2. The Morgan fingerprint density at radius 1 is 1.08 bits per heavy atom. The molecule has 1 aliphatic heterocycles. The number of anilines is 1. The van der Waals surface area contributed by atoms with Gasteiger partial charge in [0.15, 0.2) is 0 Å². The third kappa shape index (κ3) is 4.53. The van der Waals surface area contributed by atoms with E-state index < -0.39 is 10.0 Å². The van der Waals surface area contributed by atoms with Crippen LogP contribution in [0.25, 0.3) is 11.1 Å². The number of hydrogen-bond acceptors (Lipinski definition) is 6. The van der Waals surface area contributed by atoms with Gasteiger partial charge in [-0.2, -0.15) is 10.4 Å². The van der Waals surface area contributed by atoms with Gasteiger partial charge in [0.05, 0.1) is 47.5 Å². The Hall–Kier alpha value is -2.90. The van der Waals surface area contributed by atoms with E-state index in [9.17, 15) is 13.7 Å². The van der Waals surface area contributed by atoms with Crippen molar-refractivity contribution in [3.63, 3.8) is 0 Å². The zero-order valence-electron chi connectivity index (χ0n) is 22.4. The fraction of sp³-hybridized carbons (Fsp3) is 0.448. The van der Waals surface area contributed by atoms with E-state index in [2.05, 4.69) is 65.1 Å². The number of morpholine rings is 1. The number of nitrogens with zero attached hydrogens (tertiary/aromatic N) is 4. The van der Waals surface area contributed by atoms with Crippen LogP contribution in [-0.2, 0) is 25.7 Å². The van der Waals surface area contributed by atoms with Crippen LogP contribution in [0.4, 0.5) is 5.69 Å². The van der Waals surface area contributed by atoms with E-state index in [0.717, 1.165) is 47.2 Å². The molecule has 7 rings (SSSR count). The average Bonchev–Trinajstić information content (AvgIpc) is 3.35. The molecule has 1 aromatic heterocycles. The summed E-state index contributed by atoms with van der Waals surface area (Å²) < 4.78 is 33.6. The molecule has 8 nitrogen and oxygen atoms in total. The Bertz CT molecular complexity index is 1560. The highest BCUT2D eigenvalue weighted by Gasteiger charge is 2.70. The minimum Gasteiger partial charge on any atom is -0.378 e. The van der Waals surface area contributed by atoms with Gasteiger partial charge in [0.25, 0.3) is 0 Å². The van der Waals surface area contributed by atoms with E-state index in [0.29, 0.717) is 36.9 Å². The van der Waals surface area contributed by atoms with Crippen LogP contribution < -0.4 is 9.62 Å². The quantitative estimate of drug-likeness (QED) is 0.455. The molecule has 1 saturated heterocycles. The van der Waals surface area contributed by atoms with Gasteiger partial charge in [-0.15, -0.1) is 0 Å². The Labute approximate surface area is 234 Å². The highest BCUT2D eigenvalue weighted by Crippen LogP contribution is 2.65. The predicted octanol–water partition coefficient (Wildman–Crippen LogP) is 4.42. The van der Waals surface area contributed by atoms with Gasteiger partial charge in [-0.25, -0.2) is 13.1 Å². The Balaban J connectivity index is 1.20. The molecular formula is C29H32ClN5O3S. The Morgan fingerprint density at radius 2 is 1.74 bits per heavy atom. The SMILES string of the molecule is CC(C)(c1ccc(-c2cnn(C34CC(NS(C)(=O)=O)(C3)C4)c2)cc1)c1cc(Cl)c(N2CCOCC2)c(C#N)c1. The summed E-state index contributed by atoms with van der Waals surface area (Å²) in [5.74, 6) is 0. The molecule has 3 aromatic rings. The van der Waals surface area contributed by atoms with E-state index in [1.165, 1.54) is 6.26 Å². The molecule has 0 spiro atoms. The van der Waals surface area contributed by atoms with Crippen LogP contribution in [0.1, 0.15) is 49.8 Å². The minimum absolute atomic E-state index is 0.0804. The lowest BCUT2D eigenvalue weighted by molar-refractivity contribution is -0.132. The van der Waals surface area contributed by atoms with Gasteiger partial charge in [-0.1, -0.05) is 49.7 Å². The fourth-order valence-corrected chi connectivity index (χ4v) is 7.95. The van der Waals surface area contributed by atoms with Gasteiger partial charge >= 0.3 is 0 Å².